The normalized spacial score (nSPS) is 10.9. The van der Waals surface area contributed by atoms with Crippen LogP contribution in [0.25, 0.3) is 0 Å². The predicted molar refractivity (Wildman–Crippen MR) is 37.5 cm³/mol. The largest absolute Gasteiger partial charge is 0.363 e. The average Bonchev–Trinajstić information content (AvgIpc) is 1.84. The van der Waals surface area contributed by atoms with Gasteiger partial charge in [0.2, 0.25) is 0 Å². The fraction of sp³-hybridized carbons (Fsp3) is 0.750. The lowest BCUT2D eigenvalue weighted by Crippen LogP contribution is -2.21. The first-order chi connectivity index (χ1) is 4.12. The zero-order valence-electron chi connectivity index (χ0n) is 6.32. The van der Waals surface area contributed by atoms with E-state index in [1.54, 1.807) is 0 Å². The summed E-state index contributed by atoms with van der Waals surface area (Å²) in [5.41, 5.74) is -0.490. The Labute approximate surface area is 57.4 Å². The molecule has 1 radical (unpaired) electrons. The molecule has 0 unspecified atom stereocenters. The standard InChI is InChI=1S/C8H13O/c1-5-7-9-8(3,4)6-2/h5,7H2,1,3-4H3. The van der Waals surface area contributed by atoms with Crippen LogP contribution in [0.5, 0.6) is 0 Å². The second kappa shape index (κ2) is 3.53. The van der Waals surface area contributed by atoms with Crippen molar-refractivity contribution < 1.29 is 4.74 Å². The summed E-state index contributed by atoms with van der Waals surface area (Å²) in [6.45, 7) is 6.41. The van der Waals surface area contributed by atoms with Gasteiger partial charge in [0.15, 0.2) is 0 Å². The van der Waals surface area contributed by atoms with Crippen LogP contribution in [0.1, 0.15) is 27.2 Å². The highest BCUT2D eigenvalue weighted by Crippen LogP contribution is 2.06. The van der Waals surface area contributed by atoms with Crippen LogP contribution in [-0.2, 0) is 4.74 Å². The summed E-state index contributed by atoms with van der Waals surface area (Å²) in [4.78, 5) is 0. The zero-order chi connectivity index (χ0) is 7.33. The van der Waals surface area contributed by atoms with Crippen LogP contribution in [0.4, 0.5) is 0 Å². The van der Waals surface area contributed by atoms with Crippen molar-refractivity contribution in [2.75, 3.05) is 6.61 Å². The van der Waals surface area contributed by atoms with Gasteiger partial charge in [-0.1, -0.05) is 12.8 Å². The fourth-order valence-electron chi connectivity index (χ4n) is 0.393. The fourth-order valence-corrected chi connectivity index (χ4v) is 0.393. The summed E-state index contributed by atoms with van der Waals surface area (Å²) in [5.74, 6) is 2.30. The van der Waals surface area contributed by atoms with Crippen LogP contribution < -0.4 is 0 Å². The van der Waals surface area contributed by atoms with E-state index in [1.807, 2.05) is 20.8 Å². The van der Waals surface area contributed by atoms with E-state index in [1.165, 1.54) is 0 Å². The van der Waals surface area contributed by atoms with E-state index >= 15 is 0 Å². The Morgan fingerprint density at radius 1 is 1.56 bits per heavy atom. The van der Waals surface area contributed by atoms with Crippen LogP contribution in [-0.4, -0.2) is 12.2 Å². The van der Waals surface area contributed by atoms with E-state index in [2.05, 4.69) is 5.92 Å². The second-order valence-corrected chi connectivity index (χ2v) is 2.48. The molecule has 0 heterocycles. The highest BCUT2D eigenvalue weighted by molar-refractivity contribution is 4.97. The molecule has 0 aromatic rings. The second-order valence-electron chi connectivity index (χ2n) is 2.48. The lowest BCUT2D eigenvalue weighted by Gasteiger charge is -2.17. The summed E-state index contributed by atoms with van der Waals surface area (Å²) in [7, 11) is 0. The van der Waals surface area contributed by atoms with Gasteiger partial charge < -0.3 is 4.74 Å². The first-order valence-corrected chi connectivity index (χ1v) is 3.20. The zero-order valence-corrected chi connectivity index (χ0v) is 6.32. The van der Waals surface area contributed by atoms with Crippen LogP contribution in [0.3, 0.4) is 0 Å². The SMILES string of the molecule is [C]#CC(C)(C)OCCC. The Bertz CT molecular complexity index is 108. The molecule has 0 bridgehead atoms. The van der Waals surface area contributed by atoms with Crippen molar-refractivity contribution in [2.45, 2.75) is 32.8 Å². The Hall–Kier alpha value is -0.480. The van der Waals surface area contributed by atoms with Crippen LogP contribution in [0.2, 0.25) is 0 Å². The first-order valence-electron chi connectivity index (χ1n) is 3.20. The number of ether oxygens (including phenoxy) is 1. The average molecular weight is 125 g/mol. The van der Waals surface area contributed by atoms with Gasteiger partial charge in [0.25, 0.3) is 0 Å². The maximum atomic E-state index is 6.81. The van der Waals surface area contributed by atoms with E-state index in [0.29, 0.717) is 6.61 Å². The lowest BCUT2D eigenvalue weighted by atomic mass is 10.1. The van der Waals surface area contributed by atoms with Crippen molar-refractivity contribution in [1.82, 2.24) is 0 Å². The minimum Gasteiger partial charge on any atom is -0.363 e. The van der Waals surface area contributed by atoms with Gasteiger partial charge in [-0.05, 0) is 26.7 Å². The molecule has 0 atom stereocenters. The molecular weight excluding hydrogens is 112 g/mol. The smallest absolute Gasteiger partial charge is 0.124 e. The van der Waals surface area contributed by atoms with Crippen molar-refractivity contribution >= 4 is 0 Å². The third-order valence-corrected chi connectivity index (χ3v) is 0.968. The van der Waals surface area contributed by atoms with Crippen molar-refractivity contribution in [1.29, 1.82) is 0 Å². The molecule has 0 saturated heterocycles. The molecule has 0 saturated carbocycles. The van der Waals surface area contributed by atoms with Crippen LogP contribution in [0, 0.1) is 12.3 Å². The minimum atomic E-state index is -0.490. The quantitative estimate of drug-likeness (QED) is 0.522. The molecule has 0 aromatic carbocycles. The van der Waals surface area contributed by atoms with E-state index in [-0.39, 0.29) is 0 Å². The number of hydrogen-bond acceptors (Lipinski definition) is 1. The van der Waals surface area contributed by atoms with Gasteiger partial charge in [0, 0.05) is 6.61 Å². The molecule has 9 heavy (non-hydrogen) atoms. The Balaban J connectivity index is 3.49. The molecule has 0 aliphatic rings. The highest BCUT2D eigenvalue weighted by atomic mass is 16.5. The van der Waals surface area contributed by atoms with Crippen LogP contribution in [0.15, 0.2) is 0 Å². The number of hydrogen-bond donors (Lipinski definition) is 0. The summed E-state index contributed by atoms with van der Waals surface area (Å²) >= 11 is 0. The summed E-state index contributed by atoms with van der Waals surface area (Å²) in [6.07, 6.45) is 7.80. The molecule has 0 aliphatic carbocycles. The third kappa shape index (κ3) is 4.05. The minimum absolute atomic E-state index is 0.490. The van der Waals surface area contributed by atoms with Gasteiger partial charge in [-0.3, -0.25) is 0 Å². The maximum absolute atomic E-state index is 6.81. The monoisotopic (exact) mass is 125 g/mol. The molecule has 0 spiro atoms. The van der Waals surface area contributed by atoms with E-state index < -0.39 is 5.60 Å². The molecule has 0 rings (SSSR count). The van der Waals surface area contributed by atoms with Gasteiger partial charge in [-0.15, -0.1) is 0 Å². The van der Waals surface area contributed by atoms with Crippen LogP contribution >= 0.6 is 0 Å². The summed E-state index contributed by atoms with van der Waals surface area (Å²) < 4.78 is 5.23. The van der Waals surface area contributed by atoms with Crippen molar-refractivity contribution in [3.63, 3.8) is 0 Å². The van der Waals surface area contributed by atoms with Gasteiger partial charge in [-0.2, -0.15) is 0 Å². The molecule has 0 amide bonds. The molecule has 0 fully saturated rings. The predicted octanol–water partition coefficient (Wildman–Crippen LogP) is 1.78. The van der Waals surface area contributed by atoms with E-state index in [0.717, 1.165) is 6.42 Å². The van der Waals surface area contributed by atoms with Gasteiger partial charge >= 0.3 is 0 Å². The molecule has 0 aliphatic heterocycles. The Morgan fingerprint density at radius 3 is 2.44 bits per heavy atom. The van der Waals surface area contributed by atoms with Gasteiger partial charge in [0.05, 0.1) is 0 Å². The highest BCUT2D eigenvalue weighted by Gasteiger charge is 2.12. The van der Waals surface area contributed by atoms with Crippen molar-refractivity contribution in [2.24, 2.45) is 0 Å². The lowest BCUT2D eigenvalue weighted by molar-refractivity contribution is 0.0274. The topological polar surface area (TPSA) is 9.23 Å². The molecular formula is C8H13O. The Morgan fingerprint density at radius 2 is 2.11 bits per heavy atom. The van der Waals surface area contributed by atoms with E-state index in [4.69, 9.17) is 11.2 Å². The molecule has 1 nitrogen and oxygen atoms in total. The maximum Gasteiger partial charge on any atom is 0.124 e. The molecule has 0 aromatic heterocycles. The van der Waals surface area contributed by atoms with Gasteiger partial charge in [0.1, 0.15) is 5.60 Å². The van der Waals surface area contributed by atoms with E-state index in [9.17, 15) is 0 Å². The van der Waals surface area contributed by atoms with Gasteiger partial charge in [-0.25, -0.2) is 0 Å². The molecule has 1 heteroatoms. The first kappa shape index (κ1) is 8.52. The summed E-state index contributed by atoms with van der Waals surface area (Å²) in [6, 6.07) is 0. The number of rotatable bonds is 3. The van der Waals surface area contributed by atoms with Crippen molar-refractivity contribution in [3.05, 3.63) is 6.42 Å². The summed E-state index contributed by atoms with van der Waals surface area (Å²) in [5, 5.41) is 0. The molecule has 51 valence electrons. The third-order valence-electron chi connectivity index (χ3n) is 0.968. The Kier molecular flexibility index (Phi) is 3.34. The van der Waals surface area contributed by atoms with Crippen molar-refractivity contribution in [3.8, 4) is 5.92 Å². The molecule has 0 N–H and O–H groups in total.